The van der Waals surface area contributed by atoms with Gasteiger partial charge in [-0.15, -0.1) is 0 Å². The number of urea groups is 1. The average Bonchev–Trinajstić information content (AvgIpc) is 2.77. The molecular formula is C15H28N4O2. The lowest BCUT2D eigenvalue weighted by Crippen LogP contribution is -2.38. The predicted octanol–water partition coefficient (Wildman–Crippen LogP) is 2.24. The van der Waals surface area contributed by atoms with Crippen molar-refractivity contribution >= 4 is 11.7 Å². The van der Waals surface area contributed by atoms with Gasteiger partial charge in [0.1, 0.15) is 0 Å². The van der Waals surface area contributed by atoms with Crippen molar-refractivity contribution in [2.75, 3.05) is 18.5 Å². The molecule has 0 aliphatic carbocycles. The molecule has 1 rings (SSSR count). The first-order valence-electron chi connectivity index (χ1n) is 7.49. The predicted molar refractivity (Wildman–Crippen MR) is 84.3 cm³/mol. The summed E-state index contributed by atoms with van der Waals surface area (Å²) in [6.45, 7) is 11.4. The highest BCUT2D eigenvalue weighted by molar-refractivity contribution is 5.89. The molecular weight excluding hydrogens is 268 g/mol. The quantitative estimate of drug-likeness (QED) is 0.722. The van der Waals surface area contributed by atoms with E-state index < -0.39 is 0 Å². The Morgan fingerprint density at radius 3 is 2.67 bits per heavy atom. The second-order valence-electron chi connectivity index (χ2n) is 6.56. The summed E-state index contributed by atoms with van der Waals surface area (Å²) in [4.78, 5) is 11.9. The largest absolute Gasteiger partial charge is 0.396 e. The van der Waals surface area contributed by atoms with Gasteiger partial charge in [0.25, 0.3) is 0 Å². The van der Waals surface area contributed by atoms with Gasteiger partial charge >= 0.3 is 6.03 Å². The molecule has 0 aliphatic heterocycles. The minimum Gasteiger partial charge on any atom is -0.396 e. The van der Waals surface area contributed by atoms with Crippen LogP contribution in [-0.4, -0.2) is 34.1 Å². The molecule has 0 radical (unpaired) electrons. The van der Waals surface area contributed by atoms with Gasteiger partial charge in [-0.25, -0.2) is 4.79 Å². The number of aromatic nitrogens is 2. The van der Waals surface area contributed by atoms with Gasteiger partial charge in [0.2, 0.25) is 0 Å². The van der Waals surface area contributed by atoms with E-state index in [-0.39, 0.29) is 18.1 Å². The first-order chi connectivity index (χ1) is 9.79. The van der Waals surface area contributed by atoms with E-state index in [1.807, 2.05) is 25.5 Å². The van der Waals surface area contributed by atoms with Crippen LogP contribution in [0.5, 0.6) is 0 Å². The maximum atomic E-state index is 11.9. The first-order valence-corrected chi connectivity index (χ1v) is 7.49. The van der Waals surface area contributed by atoms with E-state index in [0.29, 0.717) is 12.5 Å². The van der Waals surface area contributed by atoms with Gasteiger partial charge in [-0.3, -0.25) is 4.68 Å². The average molecular weight is 296 g/mol. The number of nitrogens with zero attached hydrogens (tertiary/aromatic N) is 2. The highest BCUT2D eigenvalue weighted by Gasteiger charge is 2.18. The summed E-state index contributed by atoms with van der Waals surface area (Å²) in [6.07, 6.45) is 2.50. The lowest BCUT2D eigenvalue weighted by atomic mass is 9.95. The molecule has 0 fully saturated rings. The summed E-state index contributed by atoms with van der Waals surface area (Å²) in [7, 11) is 0. The molecule has 120 valence electrons. The van der Waals surface area contributed by atoms with Gasteiger partial charge in [0.05, 0.1) is 17.6 Å². The molecule has 0 spiro atoms. The molecule has 6 heteroatoms. The molecule has 1 heterocycles. The second-order valence-corrected chi connectivity index (χ2v) is 6.56. The third kappa shape index (κ3) is 5.38. The Morgan fingerprint density at radius 1 is 1.48 bits per heavy atom. The van der Waals surface area contributed by atoms with Crippen LogP contribution in [-0.2, 0) is 13.0 Å². The van der Waals surface area contributed by atoms with Crippen LogP contribution >= 0.6 is 0 Å². The molecule has 0 saturated carbocycles. The van der Waals surface area contributed by atoms with Crippen LogP contribution < -0.4 is 10.6 Å². The van der Waals surface area contributed by atoms with Gasteiger partial charge in [0.15, 0.2) is 0 Å². The lowest BCUT2D eigenvalue weighted by molar-refractivity contribution is 0.158. The van der Waals surface area contributed by atoms with E-state index in [0.717, 1.165) is 24.3 Å². The first kappa shape index (κ1) is 17.5. The van der Waals surface area contributed by atoms with Crippen LogP contribution in [0.3, 0.4) is 0 Å². The molecule has 0 atom stereocenters. The second kappa shape index (κ2) is 7.45. The lowest BCUT2D eigenvalue weighted by Gasteiger charge is -2.21. The molecule has 1 aromatic rings. The zero-order chi connectivity index (χ0) is 16.0. The fourth-order valence-corrected chi connectivity index (χ4v) is 1.93. The minimum atomic E-state index is -0.327. The van der Waals surface area contributed by atoms with Crippen LogP contribution in [0.1, 0.15) is 40.3 Å². The van der Waals surface area contributed by atoms with E-state index in [1.54, 1.807) is 6.20 Å². The van der Waals surface area contributed by atoms with Crippen LogP contribution in [0.4, 0.5) is 10.5 Å². The standard InChI is InChI=1S/C15H28N4O2/c1-6-13-12(7-17-19(13)8-11(2)3)18-14(21)16-9-15(4,5)10-20/h7,11,20H,6,8-10H2,1-5H3,(H2,16,18,21). The fraction of sp³-hybridized carbons (Fsp3) is 0.733. The number of hydrogen-bond donors (Lipinski definition) is 3. The van der Waals surface area contributed by atoms with E-state index in [9.17, 15) is 9.90 Å². The molecule has 0 saturated heterocycles. The van der Waals surface area contributed by atoms with Gasteiger partial charge in [-0.05, 0) is 12.3 Å². The molecule has 2 amide bonds. The molecule has 21 heavy (non-hydrogen) atoms. The van der Waals surface area contributed by atoms with Crippen molar-refractivity contribution in [2.45, 2.75) is 47.6 Å². The number of aliphatic hydroxyl groups is 1. The highest BCUT2D eigenvalue weighted by atomic mass is 16.3. The maximum absolute atomic E-state index is 11.9. The van der Waals surface area contributed by atoms with Crippen molar-refractivity contribution in [1.82, 2.24) is 15.1 Å². The van der Waals surface area contributed by atoms with E-state index >= 15 is 0 Å². The van der Waals surface area contributed by atoms with Crippen molar-refractivity contribution in [3.8, 4) is 0 Å². The smallest absolute Gasteiger partial charge is 0.319 e. The number of carbonyl (C=O) groups is 1. The Balaban J connectivity index is 2.66. The van der Waals surface area contributed by atoms with Gasteiger partial charge in [0, 0.05) is 25.1 Å². The number of aliphatic hydroxyl groups excluding tert-OH is 1. The normalized spacial score (nSPS) is 11.8. The van der Waals surface area contributed by atoms with Gasteiger partial charge in [-0.2, -0.15) is 5.10 Å². The Bertz CT molecular complexity index is 466. The Labute approximate surface area is 126 Å². The molecule has 0 aromatic carbocycles. The fourth-order valence-electron chi connectivity index (χ4n) is 1.93. The summed E-state index contributed by atoms with van der Waals surface area (Å²) in [5, 5.41) is 19.1. The number of nitrogens with one attached hydrogen (secondary N) is 2. The zero-order valence-corrected chi connectivity index (χ0v) is 13.7. The number of carbonyl (C=O) groups excluding carboxylic acids is 1. The SMILES string of the molecule is CCc1c(NC(=O)NCC(C)(C)CO)cnn1CC(C)C. The van der Waals surface area contributed by atoms with Crippen LogP contribution in [0.15, 0.2) is 6.20 Å². The third-order valence-electron chi connectivity index (χ3n) is 3.23. The zero-order valence-electron chi connectivity index (χ0n) is 13.7. The van der Waals surface area contributed by atoms with Gasteiger partial charge in [-0.1, -0.05) is 34.6 Å². The van der Waals surface area contributed by atoms with Crippen molar-refractivity contribution < 1.29 is 9.90 Å². The van der Waals surface area contributed by atoms with E-state index in [2.05, 4.69) is 29.6 Å². The molecule has 0 aliphatic rings. The number of rotatable bonds is 7. The topological polar surface area (TPSA) is 79.2 Å². The Kier molecular flexibility index (Phi) is 6.20. The number of amides is 2. The molecule has 3 N–H and O–H groups in total. The minimum absolute atomic E-state index is 0.0276. The third-order valence-corrected chi connectivity index (χ3v) is 3.23. The molecule has 6 nitrogen and oxygen atoms in total. The Morgan fingerprint density at radius 2 is 2.14 bits per heavy atom. The molecule has 0 unspecified atom stereocenters. The summed E-state index contributed by atoms with van der Waals surface area (Å²) in [5.74, 6) is 0.502. The maximum Gasteiger partial charge on any atom is 0.319 e. The monoisotopic (exact) mass is 296 g/mol. The number of anilines is 1. The number of hydrogen-bond acceptors (Lipinski definition) is 3. The summed E-state index contributed by atoms with van der Waals surface area (Å²) in [6, 6.07) is -0.268. The molecule has 0 bridgehead atoms. The highest BCUT2D eigenvalue weighted by Crippen LogP contribution is 2.17. The van der Waals surface area contributed by atoms with Crippen molar-refractivity contribution in [3.63, 3.8) is 0 Å². The van der Waals surface area contributed by atoms with Crippen LogP contribution in [0.25, 0.3) is 0 Å². The van der Waals surface area contributed by atoms with Crippen molar-refractivity contribution in [1.29, 1.82) is 0 Å². The van der Waals surface area contributed by atoms with Gasteiger partial charge < -0.3 is 15.7 Å². The molecule has 1 aromatic heterocycles. The Hall–Kier alpha value is -1.56. The van der Waals surface area contributed by atoms with Crippen LogP contribution in [0.2, 0.25) is 0 Å². The summed E-state index contributed by atoms with van der Waals surface area (Å²) < 4.78 is 1.94. The van der Waals surface area contributed by atoms with Crippen molar-refractivity contribution in [3.05, 3.63) is 11.9 Å². The van der Waals surface area contributed by atoms with Crippen LogP contribution in [0, 0.1) is 11.3 Å². The summed E-state index contributed by atoms with van der Waals surface area (Å²) in [5.41, 5.74) is 1.45. The van der Waals surface area contributed by atoms with E-state index in [4.69, 9.17) is 0 Å². The van der Waals surface area contributed by atoms with E-state index in [1.165, 1.54) is 0 Å². The summed E-state index contributed by atoms with van der Waals surface area (Å²) >= 11 is 0. The van der Waals surface area contributed by atoms with Crippen molar-refractivity contribution in [2.24, 2.45) is 11.3 Å².